The summed E-state index contributed by atoms with van der Waals surface area (Å²) in [5.74, 6) is 0. The zero-order valence-electron chi connectivity index (χ0n) is 9.69. The topological polar surface area (TPSA) is 20.2 Å². The third-order valence-corrected chi connectivity index (χ3v) is 4.40. The van der Waals surface area contributed by atoms with E-state index in [-0.39, 0.29) is 6.10 Å². The highest BCUT2D eigenvalue weighted by Crippen LogP contribution is 2.27. The Morgan fingerprint density at radius 1 is 1.24 bits per heavy atom. The van der Waals surface area contributed by atoms with Crippen molar-refractivity contribution in [3.8, 4) is 0 Å². The van der Waals surface area contributed by atoms with Crippen LogP contribution >= 0.6 is 27.3 Å². The molecule has 17 heavy (non-hydrogen) atoms. The molecule has 0 radical (unpaired) electrons. The van der Waals surface area contributed by atoms with Crippen molar-refractivity contribution in [3.05, 3.63) is 56.2 Å². The van der Waals surface area contributed by atoms with E-state index in [1.807, 2.05) is 24.3 Å². The molecule has 0 saturated heterocycles. The largest absolute Gasteiger partial charge is 0.387 e. The van der Waals surface area contributed by atoms with Crippen molar-refractivity contribution in [2.24, 2.45) is 0 Å². The van der Waals surface area contributed by atoms with Crippen LogP contribution in [-0.2, 0) is 12.8 Å². The molecular formula is C14H15BrOS. The fourth-order valence-corrected chi connectivity index (χ4v) is 3.12. The van der Waals surface area contributed by atoms with Crippen LogP contribution in [-0.4, -0.2) is 5.11 Å². The molecule has 0 amide bonds. The van der Waals surface area contributed by atoms with Crippen LogP contribution in [0, 0.1) is 0 Å². The predicted octanol–water partition coefficient (Wildman–Crippen LogP) is 4.35. The summed E-state index contributed by atoms with van der Waals surface area (Å²) in [6.07, 6.45) is 1.28. The SMILES string of the molecule is CCc1ccsc1C(O)Cc1ccc(Br)cc1. The monoisotopic (exact) mass is 310 g/mol. The van der Waals surface area contributed by atoms with E-state index < -0.39 is 0 Å². The molecule has 1 unspecified atom stereocenters. The molecule has 1 aromatic heterocycles. The van der Waals surface area contributed by atoms with Gasteiger partial charge in [0, 0.05) is 15.8 Å². The van der Waals surface area contributed by atoms with Crippen molar-refractivity contribution in [1.29, 1.82) is 0 Å². The molecule has 0 aliphatic heterocycles. The highest BCUT2D eigenvalue weighted by Gasteiger charge is 2.13. The van der Waals surface area contributed by atoms with Crippen LogP contribution in [0.3, 0.4) is 0 Å². The van der Waals surface area contributed by atoms with E-state index in [2.05, 4.69) is 34.3 Å². The highest BCUT2D eigenvalue weighted by molar-refractivity contribution is 9.10. The third kappa shape index (κ3) is 3.18. The van der Waals surface area contributed by atoms with E-state index in [0.29, 0.717) is 6.42 Å². The highest BCUT2D eigenvalue weighted by atomic mass is 79.9. The van der Waals surface area contributed by atoms with Crippen LogP contribution in [0.1, 0.15) is 29.0 Å². The van der Waals surface area contributed by atoms with Crippen molar-refractivity contribution in [1.82, 2.24) is 0 Å². The quantitative estimate of drug-likeness (QED) is 0.890. The van der Waals surface area contributed by atoms with Gasteiger partial charge in [0.2, 0.25) is 0 Å². The second-order valence-corrected chi connectivity index (χ2v) is 5.87. The molecule has 0 fully saturated rings. The Kier molecular flexibility index (Phi) is 4.37. The molecule has 1 heterocycles. The fraction of sp³-hybridized carbons (Fsp3) is 0.286. The molecule has 2 aromatic rings. The summed E-state index contributed by atoms with van der Waals surface area (Å²) in [7, 11) is 0. The van der Waals surface area contributed by atoms with Gasteiger partial charge in [0.1, 0.15) is 0 Å². The van der Waals surface area contributed by atoms with Crippen LogP contribution in [0.25, 0.3) is 0 Å². The lowest BCUT2D eigenvalue weighted by Crippen LogP contribution is -2.02. The Bertz CT molecular complexity index is 475. The number of hydrogen-bond donors (Lipinski definition) is 1. The maximum Gasteiger partial charge on any atom is 0.0924 e. The molecule has 0 aliphatic carbocycles. The Labute approximate surface area is 114 Å². The van der Waals surface area contributed by atoms with E-state index in [9.17, 15) is 5.11 Å². The third-order valence-electron chi connectivity index (χ3n) is 2.81. The summed E-state index contributed by atoms with van der Waals surface area (Å²) in [5, 5.41) is 12.3. The van der Waals surface area contributed by atoms with Crippen molar-refractivity contribution in [3.63, 3.8) is 0 Å². The minimum Gasteiger partial charge on any atom is -0.387 e. The second-order valence-electron chi connectivity index (χ2n) is 4.01. The average molecular weight is 311 g/mol. The van der Waals surface area contributed by atoms with Crippen LogP contribution in [0.4, 0.5) is 0 Å². The van der Waals surface area contributed by atoms with Gasteiger partial charge in [-0.3, -0.25) is 0 Å². The van der Waals surface area contributed by atoms with Gasteiger partial charge in [0.05, 0.1) is 6.10 Å². The number of rotatable bonds is 4. The first-order chi connectivity index (χ1) is 8.20. The molecular weight excluding hydrogens is 296 g/mol. The minimum absolute atomic E-state index is 0.383. The van der Waals surface area contributed by atoms with Crippen LogP contribution in [0.15, 0.2) is 40.2 Å². The zero-order valence-corrected chi connectivity index (χ0v) is 12.1. The molecule has 0 aliphatic rings. The number of aryl methyl sites for hydroxylation is 1. The van der Waals surface area contributed by atoms with E-state index in [1.165, 1.54) is 5.56 Å². The van der Waals surface area contributed by atoms with Gasteiger partial charge in [0.25, 0.3) is 0 Å². The van der Waals surface area contributed by atoms with Gasteiger partial charge in [-0.2, -0.15) is 0 Å². The normalized spacial score (nSPS) is 12.6. The van der Waals surface area contributed by atoms with Crippen molar-refractivity contribution in [2.45, 2.75) is 25.9 Å². The molecule has 1 N–H and O–H groups in total. The number of hydrogen-bond acceptors (Lipinski definition) is 2. The summed E-state index contributed by atoms with van der Waals surface area (Å²) in [6.45, 7) is 2.12. The molecule has 1 nitrogen and oxygen atoms in total. The number of halogens is 1. The zero-order chi connectivity index (χ0) is 12.3. The van der Waals surface area contributed by atoms with Gasteiger partial charge < -0.3 is 5.11 Å². The molecule has 1 atom stereocenters. The Morgan fingerprint density at radius 3 is 2.59 bits per heavy atom. The van der Waals surface area contributed by atoms with E-state index in [0.717, 1.165) is 21.3 Å². The first-order valence-electron chi connectivity index (χ1n) is 5.69. The van der Waals surface area contributed by atoms with Crippen molar-refractivity contribution < 1.29 is 5.11 Å². The van der Waals surface area contributed by atoms with E-state index in [4.69, 9.17) is 0 Å². The summed E-state index contributed by atoms with van der Waals surface area (Å²) >= 11 is 5.06. The molecule has 2 rings (SSSR count). The predicted molar refractivity (Wildman–Crippen MR) is 76.5 cm³/mol. The molecule has 1 aromatic carbocycles. The van der Waals surface area contributed by atoms with E-state index >= 15 is 0 Å². The van der Waals surface area contributed by atoms with Gasteiger partial charge >= 0.3 is 0 Å². The maximum absolute atomic E-state index is 10.2. The maximum atomic E-state index is 10.2. The van der Waals surface area contributed by atoms with Crippen LogP contribution in [0.2, 0.25) is 0 Å². The Hall–Kier alpha value is -0.640. The summed E-state index contributed by atoms with van der Waals surface area (Å²) in [6, 6.07) is 10.2. The van der Waals surface area contributed by atoms with Crippen LogP contribution in [0.5, 0.6) is 0 Å². The van der Waals surface area contributed by atoms with Gasteiger partial charge in [-0.25, -0.2) is 0 Å². The first-order valence-corrected chi connectivity index (χ1v) is 7.36. The second kappa shape index (κ2) is 5.80. The summed E-state index contributed by atoms with van der Waals surface area (Å²) in [5.41, 5.74) is 2.43. The number of aliphatic hydroxyl groups is 1. The molecule has 0 bridgehead atoms. The first kappa shape index (κ1) is 12.8. The van der Waals surface area contributed by atoms with Gasteiger partial charge in [-0.05, 0) is 41.1 Å². The molecule has 3 heteroatoms. The standard InChI is InChI=1S/C14H15BrOS/c1-2-11-7-8-17-14(11)13(16)9-10-3-5-12(15)6-4-10/h3-8,13,16H,2,9H2,1H3. The Morgan fingerprint density at radius 2 is 1.94 bits per heavy atom. The van der Waals surface area contributed by atoms with E-state index in [1.54, 1.807) is 11.3 Å². The van der Waals surface area contributed by atoms with Crippen molar-refractivity contribution >= 4 is 27.3 Å². The molecule has 0 spiro atoms. The number of benzene rings is 1. The number of aliphatic hydroxyl groups excluding tert-OH is 1. The Balaban J connectivity index is 2.11. The van der Waals surface area contributed by atoms with Gasteiger partial charge in [-0.1, -0.05) is 35.0 Å². The van der Waals surface area contributed by atoms with Gasteiger partial charge in [-0.15, -0.1) is 11.3 Å². The lowest BCUT2D eigenvalue weighted by atomic mass is 10.0. The number of thiophene rings is 1. The average Bonchev–Trinajstić information content (AvgIpc) is 2.80. The summed E-state index contributed by atoms with van der Waals surface area (Å²) < 4.78 is 1.07. The summed E-state index contributed by atoms with van der Waals surface area (Å²) in [4.78, 5) is 1.11. The lowest BCUT2D eigenvalue weighted by Gasteiger charge is -2.11. The lowest BCUT2D eigenvalue weighted by molar-refractivity contribution is 0.181. The smallest absolute Gasteiger partial charge is 0.0924 e. The van der Waals surface area contributed by atoms with Crippen molar-refractivity contribution in [2.75, 3.05) is 0 Å². The fourth-order valence-electron chi connectivity index (χ4n) is 1.87. The molecule has 90 valence electrons. The molecule has 0 saturated carbocycles. The van der Waals surface area contributed by atoms with Gasteiger partial charge in [0.15, 0.2) is 0 Å². The minimum atomic E-state index is -0.383. The van der Waals surface area contributed by atoms with Crippen LogP contribution < -0.4 is 0 Å².